The summed E-state index contributed by atoms with van der Waals surface area (Å²) in [6.07, 6.45) is 10.1. The zero-order valence-corrected chi connectivity index (χ0v) is 9.87. The maximum atomic E-state index is 6.46. The van der Waals surface area contributed by atoms with E-state index in [9.17, 15) is 0 Å². The zero-order chi connectivity index (χ0) is 10.3. The third-order valence-corrected chi connectivity index (χ3v) is 4.86. The Labute approximate surface area is 93.0 Å². The lowest BCUT2D eigenvalue weighted by Gasteiger charge is -2.47. The molecule has 1 aliphatic carbocycles. The molecule has 86 valence electrons. The van der Waals surface area contributed by atoms with Crippen LogP contribution in [0.25, 0.3) is 0 Å². The monoisotopic (exact) mass is 209 g/mol. The zero-order valence-electron chi connectivity index (χ0n) is 9.87. The molecule has 0 aromatic heterocycles. The third-order valence-electron chi connectivity index (χ3n) is 4.86. The predicted molar refractivity (Wildman–Crippen MR) is 60.9 cm³/mol. The molecule has 2 unspecified atom stereocenters. The summed E-state index contributed by atoms with van der Waals surface area (Å²) < 4.78 is 6.46. The molecule has 2 saturated heterocycles. The Balaban J connectivity index is 1.67. The highest BCUT2D eigenvalue weighted by atomic mass is 16.5. The first-order valence-electron chi connectivity index (χ1n) is 6.64. The van der Waals surface area contributed by atoms with Gasteiger partial charge in [-0.1, -0.05) is 6.42 Å². The maximum absolute atomic E-state index is 6.46. The summed E-state index contributed by atoms with van der Waals surface area (Å²) >= 11 is 0. The number of fused-ring (bicyclic) bond motifs is 1. The van der Waals surface area contributed by atoms with E-state index >= 15 is 0 Å². The lowest BCUT2D eigenvalue weighted by Crippen LogP contribution is -2.50. The molecule has 1 spiro atoms. The van der Waals surface area contributed by atoms with Gasteiger partial charge in [0, 0.05) is 13.1 Å². The molecule has 3 fully saturated rings. The van der Waals surface area contributed by atoms with Crippen molar-refractivity contribution < 1.29 is 4.74 Å². The standard InChI is InChI=1S/C13H23NO/c1-14-9-7-13(8-10-14)6-5-11-3-2-4-12(11)15-13/h11-12H,2-10H2,1H3. The molecular weight excluding hydrogens is 186 g/mol. The van der Waals surface area contributed by atoms with Gasteiger partial charge in [-0.15, -0.1) is 0 Å². The second-order valence-corrected chi connectivity index (χ2v) is 5.87. The Hall–Kier alpha value is -0.0800. The first-order chi connectivity index (χ1) is 7.27. The topological polar surface area (TPSA) is 12.5 Å². The van der Waals surface area contributed by atoms with Gasteiger partial charge in [0.1, 0.15) is 0 Å². The summed E-state index contributed by atoms with van der Waals surface area (Å²) in [5.74, 6) is 0.912. The molecule has 15 heavy (non-hydrogen) atoms. The summed E-state index contributed by atoms with van der Waals surface area (Å²) in [6.45, 7) is 2.47. The number of piperidine rings is 1. The summed E-state index contributed by atoms with van der Waals surface area (Å²) in [7, 11) is 2.23. The third kappa shape index (κ3) is 1.83. The molecule has 3 rings (SSSR count). The van der Waals surface area contributed by atoms with E-state index < -0.39 is 0 Å². The number of hydrogen-bond donors (Lipinski definition) is 0. The fourth-order valence-corrected chi connectivity index (χ4v) is 3.71. The molecular formula is C13H23NO. The molecule has 3 aliphatic rings. The van der Waals surface area contributed by atoms with Crippen LogP contribution >= 0.6 is 0 Å². The minimum Gasteiger partial charge on any atom is -0.371 e. The average molecular weight is 209 g/mol. The van der Waals surface area contributed by atoms with Crippen molar-refractivity contribution in [3.63, 3.8) is 0 Å². The van der Waals surface area contributed by atoms with Gasteiger partial charge < -0.3 is 9.64 Å². The van der Waals surface area contributed by atoms with Crippen LogP contribution in [0.2, 0.25) is 0 Å². The molecule has 2 heterocycles. The Morgan fingerprint density at radius 2 is 1.87 bits per heavy atom. The minimum atomic E-state index is 0.290. The van der Waals surface area contributed by atoms with Crippen LogP contribution in [-0.2, 0) is 4.74 Å². The Bertz CT molecular complexity index is 233. The summed E-state index contributed by atoms with van der Waals surface area (Å²) in [5, 5.41) is 0. The van der Waals surface area contributed by atoms with E-state index in [1.807, 2.05) is 0 Å². The van der Waals surface area contributed by atoms with Crippen LogP contribution in [0.3, 0.4) is 0 Å². The molecule has 0 aromatic rings. The summed E-state index contributed by atoms with van der Waals surface area (Å²) in [4.78, 5) is 2.44. The Morgan fingerprint density at radius 1 is 1.07 bits per heavy atom. The van der Waals surface area contributed by atoms with E-state index in [1.165, 1.54) is 58.0 Å². The minimum absolute atomic E-state index is 0.290. The molecule has 2 heteroatoms. The summed E-state index contributed by atoms with van der Waals surface area (Å²) in [5.41, 5.74) is 0.290. The van der Waals surface area contributed by atoms with Crippen LogP contribution in [0.5, 0.6) is 0 Å². The Morgan fingerprint density at radius 3 is 2.67 bits per heavy atom. The average Bonchev–Trinajstić information content (AvgIpc) is 2.70. The SMILES string of the molecule is CN1CCC2(CCC3CCCC3O2)CC1. The van der Waals surface area contributed by atoms with Gasteiger partial charge in [0.05, 0.1) is 11.7 Å². The molecule has 0 N–H and O–H groups in total. The first-order valence-corrected chi connectivity index (χ1v) is 6.64. The fraction of sp³-hybridized carbons (Fsp3) is 1.00. The van der Waals surface area contributed by atoms with E-state index in [4.69, 9.17) is 4.74 Å². The van der Waals surface area contributed by atoms with Crippen molar-refractivity contribution in [1.82, 2.24) is 4.90 Å². The van der Waals surface area contributed by atoms with Gasteiger partial charge in [-0.2, -0.15) is 0 Å². The van der Waals surface area contributed by atoms with Gasteiger partial charge in [-0.05, 0) is 51.5 Å². The highest BCUT2D eigenvalue weighted by molar-refractivity contribution is 4.95. The molecule has 0 aromatic carbocycles. The van der Waals surface area contributed by atoms with Crippen molar-refractivity contribution in [1.29, 1.82) is 0 Å². The fourth-order valence-electron chi connectivity index (χ4n) is 3.71. The normalized spacial score (nSPS) is 40.6. The van der Waals surface area contributed by atoms with Crippen molar-refractivity contribution in [3.05, 3.63) is 0 Å². The lowest BCUT2D eigenvalue weighted by atomic mass is 9.80. The van der Waals surface area contributed by atoms with E-state index in [0.29, 0.717) is 6.10 Å². The largest absolute Gasteiger partial charge is 0.371 e. The van der Waals surface area contributed by atoms with E-state index in [0.717, 1.165) is 5.92 Å². The van der Waals surface area contributed by atoms with Gasteiger partial charge in [0.15, 0.2) is 0 Å². The van der Waals surface area contributed by atoms with Crippen LogP contribution in [0.15, 0.2) is 0 Å². The smallest absolute Gasteiger partial charge is 0.0710 e. The predicted octanol–water partition coefficient (Wildman–Crippen LogP) is 2.43. The van der Waals surface area contributed by atoms with Gasteiger partial charge in [0.2, 0.25) is 0 Å². The number of likely N-dealkylation sites (tertiary alicyclic amines) is 1. The Kier molecular flexibility index (Phi) is 2.52. The highest BCUT2D eigenvalue weighted by Crippen LogP contribution is 2.45. The molecule has 0 bridgehead atoms. The van der Waals surface area contributed by atoms with Crippen molar-refractivity contribution in [2.75, 3.05) is 20.1 Å². The van der Waals surface area contributed by atoms with Crippen LogP contribution in [0.4, 0.5) is 0 Å². The number of hydrogen-bond acceptors (Lipinski definition) is 2. The van der Waals surface area contributed by atoms with E-state index in [2.05, 4.69) is 11.9 Å². The second-order valence-electron chi connectivity index (χ2n) is 5.87. The lowest BCUT2D eigenvalue weighted by molar-refractivity contribution is -0.164. The van der Waals surface area contributed by atoms with Crippen molar-refractivity contribution in [2.45, 2.75) is 56.7 Å². The van der Waals surface area contributed by atoms with Gasteiger partial charge >= 0.3 is 0 Å². The first kappa shape index (κ1) is 10.1. The molecule has 1 saturated carbocycles. The van der Waals surface area contributed by atoms with Crippen molar-refractivity contribution >= 4 is 0 Å². The van der Waals surface area contributed by atoms with Gasteiger partial charge in [-0.3, -0.25) is 0 Å². The van der Waals surface area contributed by atoms with Crippen molar-refractivity contribution in [3.8, 4) is 0 Å². The summed E-state index contributed by atoms with van der Waals surface area (Å²) in [6, 6.07) is 0. The molecule has 2 aliphatic heterocycles. The van der Waals surface area contributed by atoms with E-state index in [-0.39, 0.29) is 5.60 Å². The van der Waals surface area contributed by atoms with Gasteiger partial charge in [-0.25, -0.2) is 0 Å². The highest BCUT2D eigenvalue weighted by Gasteiger charge is 2.44. The van der Waals surface area contributed by atoms with Crippen LogP contribution < -0.4 is 0 Å². The molecule has 0 amide bonds. The molecule has 2 atom stereocenters. The van der Waals surface area contributed by atoms with Crippen molar-refractivity contribution in [2.24, 2.45) is 5.92 Å². The molecule has 2 nitrogen and oxygen atoms in total. The molecule has 0 radical (unpaired) electrons. The van der Waals surface area contributed by atoms with Gasteiger partial charge in [0.25, 0.3) is 0 Å². The van der Waals surface area contributed by atoms with E-state index in [1.54, 1.807) is 0 Å². The number of rotatable bonds is 0. The van der Waals surface area contributed by atoms with Crippen LogP contribution in [0.1, 0.15) is 44.9 Å². The number of nitrogens with zero attached hydrogens (tertiary/aromatic N) is 1. The number of ether oxygens (including phenoxy) is 1. The quantitative estimate of drug-likeness (QED) is 0.607. The van der Waals surface area contributed by atoms with Crippen LogP contribution in [-0.4, -0.2) is 36.7 Å². The second kappa shape index (κ2) is 3.74. The van der Waals surface area contributed by atoms with Crippen LogP contribution in [0, 0.1) is 5.92 Å². The maximum Gasteiger partial charge on any atom is 0.0710 e.